The molecule has 0 aliphatic carbocycles. The first-order valence-corrected chi connectivity index (χ1v) is 10.8. The molecule has 0 saturated carbocycles. The molecule has 3 atom stereocenters. The van der Waals surface area contributed by atoms with Crippen molar-refractivity contribution in [3.05, 3.63) is 70.0 Å². The average Bonchev–Trinajstić information content (AvgIpc) is 2.71. The Balaban J connectivity index is 1.83. The zero-order chi connectivity index (χ0) is 21.0. The van der Waals surface area contributed by atoms with Crippen LogP contribution in [0.1, 0.15) is 49.3 Å². The number of hydrogen-bond donors (Lipinski definition) is 1. The lowest BCUT2D eigenvalue weighted by atomic mass is 9.83. The van der Waals surface area contributed by atoms with Crippen LogP contribution in [-0.2, 0) is 11.3 Å². The van der Waals surface area contributed by atoms with Crippen LogP contribution in [0.25, 0.3) is 0 Å². The summed E-state index contributed by atoms with van der Waals surface area (Å²) in [4.78, 5) is 15.2. The van der Waals surface area contributed by atoms with Crippen LogP contribution in [0.3, 0.4) is 0 Å². The van der Waals surface area contributed by atoms with E-state index in [9.17, 15) is 9.18 Å². The van der Waals surface area contributed by atoms with Crippen molar-refractivity contribution in [1.29, 1.82) is 0 Å². The van der Waals surface area contributed by atoms with Gasteiger partial charge in [-0.2, -0.15) is 0 Å². The smallest absolute Gasteiger partial charge is 0.224 e. The number of nitrogens with one attached hydrogen (secondary N) is 1. The van der Waals surface area contributed by atoms with Crippen molar-refractivity contribution >= 4 is 17.5 Å². The SMILES string of the molecule is CCC(C)NC(=O)C1CC(c2ccc(F)c(C)c2)CN(Cc2ccccc2Cl)C1. The van der Waals surface area contributed by atoms with E-state index in [1.54, 1.807) is 6.92 Å². The first-order valence-electron chi connectivity index (χ1n) is 10.4. The molecule has 0 radical (unpaired) electrons. The fourth-order valence-corrected chi connectivity index (χ4v) is 4.20. The fourth-order valence-electron chi connectivity index (χ4n) is 4.00. The summed E-state index contributed by atoms with van der Waals surface area (Å²) < 4.78 is 13.8. The van der Waals surface area contributed by atoms with Crippen LogP contribution in [0.2, 0.25) is 5.02 Å². The van der Waals surface area contributed by atoms with Gasteiger partial charge in [-0.25, -0.2) is 4.39 Å². The Morgan fingerprint density at radius 1 is 1.28 bits per heavy atom. The molecule has 1 aliphatic heterocycles. The summed E-state index contributed by atoms with van der Waals surface area (Å²) in [5, 5.41) is 3.88. The van der Waals surface area contributed by atoms with Gasteiger partial charge < -0.3 is 5.32 Å². The number of carbonyl (C=O) groups excluding carboxylic acids is 1. The van der Waals surface area contributed by atoms with Crippen molar-refractivity contribution in [2.45, 2.75) is 52.1 Å². The van der Waals surface area contributed by atoms with Crippen molar-refractivity contribution < 1.29 is 9.18 Å². The molecule has 156 valence electrons. The number of aryl methyl sites for hydroxylation is 1. The number of carbonyl (C=O) groups is 1. The van der Waals surface area contributed by atoms with Crippen molar-refractivity contribution in [1.82, 2.24) is 10.2 Å². The van der Waals surface area contributed by atoms with Crippen LogP contribution in [0.5, 0.6) is 0 Å². The predicted octanol–water partition coefficient (Wildman–Crippen LogP) is 5.31. The van der Waals surface area contributed by atoms with E-state index in [0.717, 1.165) is 35.5 Å². The van der Waals surface area contributed by atoms with E-state index in [1.807, 2.05) is 43.3 Å². The summed E-state index contributed by atoms with van der Waals surface area (Å²) in [5.41, 5.74) is 2.80. The summed E-state index contributed by atoms with van der Waals surface area (Å²) in [6.07, 6.45) is 1.68. The van der Waals surface area contributed by atoms with Crippen LogP contribution in [-0.4, -0.2) is 29.9 Å². The van der Waals surface area contributed by atoms with Gasteiger partial charge in [0.15, 0.2) is 0 Å². The predicted molar refractivity (Wildman–Crippen MR) is 117 cm³/mol. The second-order valence-electron chi connectivity index (χ2n) is 8.24. The van der Waals surface area contributed by atoms with E-state index < -0.39 is 0 Å². The molecule has 3 unspecified atom stereocenters. The number of halogens is 2. The molecule has 2 aromatic rings. The molecule has 1 N–H and O–H groups in total. The highest BCUT2D eigenvalue weighted by Crippen LogP contribution is 2.33. The van der Waals surface area contributed by atoms with Crippen molar-refractivity contribution in [2.24, 2.45) is 5.92 Å². The van der Waals surface area contributed by atoms with Crippen LogP contribution in [0.15, 0.2) is 42.5 Å². The number of hydrogen-bond acceptors (Lipinski definition) is 2. The molecular formula is C24H30ClFN2O. The van der Waals surface area contributed by atoms with Crippen molar-refractivity contribution in [2.75, 3.05) is 13.1 Å². The lowest BCUT2D eigenvalue weighted by molar-refractivity contribution is -0.127. The molecule has 3 nitrogen and oxygen atoms in total. The standard InChI is InChI=1S/C24H30ClFN2O/c1-4-17(3)27-24(29)21-12-20(18-9-10-23(26)16(2)11-18)14-28(15-21)13-19-7-5-6-8-22(19)25/h5-11,17,20-21H,4,12-15H2,1-3H3,(H,27,29). The Morgan fingerprint density at radius 2 is 2.03 bits per heavy atom. The topological polar surface area (TPSA) is 32.3 Å². The summed E-state index contributed by atoms with van der Waals surface area (Å²) >= 11 is 6.37. The molecule has 29 heavy (non-hydrogen) atoms. The highest BCUT2D eigenvalue weighted by Gasteiger charge is 2.33. The first kappa shape index (κ1) is 21.8. The zero-order valence-corrected chi connectivity index (χ0v) is 18.2. The maximum Gasteiger partial charge on any atom is 0.224 e. The second kappa shape index (κ2) is 9.73. The van der Waals surface area contributed by atoms with E-state index in [1.165, 1.54) is 6.07 Å². The molecule has 1 amide bonds. The van der Waals surface area contributed by atoms with Gasteiger partial charge in [-0.15, -0.1) is 0 Å². The molecule has 0 spiro atoms. The van der Waals surface area contributed by atoms with Crippen molar-refractivity contribution in [3.63, 3.8) is 0 Å². The van der Waals surface area contributed by atoms with Gasteiger partial charge in [-0.3, -0.25) is 9.69 Å². The minimum absolute atomic E-state index is 0.101. The Morgan fingerprint density at radius 3 is 2.72 bits per heavy atom. The van der Waals surface area contributed by atoms with E-state index >= 15 is 0 Å². The number of piperidine rings is 1. The van der Waals surface area contributed by atoms with Gasteiger partial charge in [0.1, 0.15) is 5.82 Å². The molecule has 2 aromatic carbocycles. The molecular weight excluding hydrogens is 387 g/mol. The van der Waals surface area contributed by atoms with Crippen LogP contribution in [0.4, 0.5) is 4.39 Å². The number of likely N-dealkylation sites (tertiary alicyclic amines) is 1. The molecule has 1 heterocycles. The largest absolute Gasteiger partial charge is 0.353 e. The van der Waals surface area contributed by atoms with Gasteiger partial charge in [0, 0.05) is 30.7 Å². The average molecular weight is 417 g/mol. The third-order valence-electron chi connectivity index (χ3n) is 5.90. The fraction of sp³-hybridized carbons (Fsp3) is 0.458. The molecule has 3 rings (SSSR count). The maximum atomic E-state index is 13.8. The Kier molecular flexibility index (Phi) is 7.31. The third-order valence-corrected chi connectivity index (χ3v) is 6.27. The third kappa shape index (κ3) is 5.58. The van der Waals surface area contributed by atoms with Crippen LogP contribution >= 0.6 is 11.6 Å². The number of amides is 1. The summed E-state index contributed by atoms with van der Waals surface area (Å²) in [5.74, 6) is -0.00981. The zero-order valence-electron chi connectivity index (χ0n) is 17.4. The number of benzene rings is 2. The Labute approximate surface area is 178 Å². The van der Waals surface area contributed by atoms with E-state index in [2.05, 4.69) is 17.1 Å². The highest BCUT2D eigenvalue weighted by atomic mass is 35.5. The van der Waals surface area contributed by atoms with Crippen LogP contribution < -0.4 is 5.32 Å². The van der Waals surface area contributed by atoms with Gasteiger partial charge in [0.05, 0.1) is 5.92 Å². The monoisotopic (exact) mass is 416 g/mol. The second-order valence-corrected chi connectivity index (χ2v) is 8.65. The Hall–Kier alpha value is -1.91. The molecule has 5 heteroatoms. The Bertz CT molecular complexity index is 857. The van der Waals surface area contributed by atoms with E-state index in [0.29, 0.717) is 18.7 Å². The van der Waals surface area contributed by atoms with Gasteiger partial charge in [-0.1, -0.05) is 48.9 Å². The lowest BCUT2D eigenvalue weighted by Crippen LogP contribution is -2.47. The van der Waals surface area contributed by atoms with Crippen molar-refractivity contribution in [3.8, 4) is 0 Å². The molecule has 0 aromatic heterocycles. The quantitative estimate of drug-likeness (QED) is 0.692. The minimum Gasteiger partial charge on any atom is -0.353 e. The summed E-state index contributed by atoms with van der Waals surface area (Å²) in [6.45, 7) is 8.11. The molecule has 1 saturated heterocycles. The highest BCUT2D eigenvalue weighted by molar-refractivity contribution is 6.31. The normalized spacial score (nSPS) is 21.0. The van der Waals surface area contributed by atoms with E-state index in [4.69, 9.17) is 11.6 Å². The van der Waals surface area contributed by atoms with Crippen LogP contribution in [0, 0.1) is 18.7 Å². The molecule has 0 bridgehead atoms. The molecule has 1 aliphatic rings. The summed E-state index contributed by atoms with van der Waals surface area (Å²) in [6, 6.07) is 13.3. The van der Waals surface area contributed by atoms with Gasteiger partial charge in [0.2, 0.25) is 5.91 Å². The van der Waals surface area contributed by atoms with Gasteiger partial charge in [-0.05, 0) is 61.4 Å². The number of rotatable bonds is 6. The van der Waals surface area contributed by atoms with E-state index in [-0.39, 0.29) is 29.6 Å². The maximum absolute atomic E-state index is 13.8. The number of nitrogens with zero attached hydrogens (tertiary/aromatic N) is 1. The minimum atomic E-state index is -0.191. The lowest BCUT2D eigenvalue weighted by Gasteiger charge is -2.38. The summed E-state index contributed by atoms with van der Waals surface area (Å²) in [7, 11) is 0. The first-order chi connectivity index (χ1) is 13.9. The van der Waals surface area contributed by atoms with Gasteiger partial charge >= 0.3 is 0 Å². The van der Waals surface area contributed by atoms with Gasteiger partial charge in [0.25, 0.3) is 0 Å². The molecule has 1 fully saturated rings.